The van der Waals surface area contributed by atoms with E-state index in [1.165, 1.54) is 11.3 Å². The molecule has 2 fully saturated rings. The first-order valence-electron chi connectivity index (χ1n) is 10.4. The summed E-state index contributed by atoms with van der Waals surface area (Å²) in [5, 5.41) is 4.89. The largest absolute Gasteiger partial charge is 0.343 e. The quantitative estimate of drug-likeness (QED) is 0.791. The Morgan fingerprint density at radius 1 is 1.11 bits per heavy atom. The second-order valence-electron chi connectivity index (χ2n) is 8.28. The molecule has 1 aromatic rings. The lowest BCUT2D eigenvalue weighted by Gasteiger charge is -2.37. The Labute approximate surface area is 171 Å². The molecule has 0 bridgehead atoms. The zero-order valence-electron chi connectivity index (χ0n) is 16.9. The van der Waals surface area contributed by atoms with Crippen molar-refractivity contribution in [1.82, 2.24) is 15.1 Å². The number of nitrogens with one attached hydrogen (secondary N) is 1. The van der Waals surface area contributed by atoms with Gasteiger partial charge in [-0.1, -0.05) is 19.9 Å². The highest BCUT2D eigenvalue weighted by Gasteiger charge is 2.36. The molecule has 2 aliphatic heterocycles. The van der Waals surface area contributed by atoms with Crippen LogP contribution in [0.1, 0.15) is 55.6 Å². The summed E-state index contributed by atoms with van der Waals surface area (Å²) in [6, 6.07) is 3.12. The van der Waals surface area contributed by atoms with Crippen molar-refractivity contribution in [2.45, 2.75) is 52.0 Å². The van der Waals surface area contributed by atoms with Crippen LogP contribution in [-0.4, -0.2) is 59.7 Å². The lowest BCUT2D eigenvalue weighted by molar-refractivity contribution is -0.135. The van der Waals surface area contributed by atoms with Gasteiger partial charge in [0.25, 0.3) is 5.91 Å². The van der Waals surface area contributed by atoms with Gasteiger partial charge in [0.05, 0.1) is 4.88 Å². The van der Waals surface area contributed by atoms with Crippen LogP contribution in [-0.2, 0) is 9.59 Å². The van der Waals surface area contributed by atoms with E-state index in [9.17, 15) is 14.4 Å². The van der Waals surface area contributed by atoms with Gasteiger partial charge in [-0.25, -0.2) is 0 Å². The van der Waals surface area contributed by atoms with Crippen LogP contribution in [0.4, 0.5) is 0 Å². The Kier molecular flexibility index (Phi) is 7.10. The molecule has 154 valence electrons. The van der Waals surface area contributed by atoms with E-state index in [2.05, 4.69) is 19.2 Å². The Balaban J connectivity index is 1.66. The van der Waals surface area contributed by atoms with Crippen molar-refractivity contribution in [3.05, 3.63) is 22.4 Å². The van der Waals surface area contributed by atoms with Gasteiger partial charge in [0, 0.05) is 32.6 Å². The number of nitrogens with zero attached hydrogens (tertiary/aromatic N) is 2. The maximum absolute atomic E-state index is 13.1. The van der Waals surface area contributed by atoms with Gasteiger partial charge in [0.15, 0.2) is 0 Å². The standard InChI is InChI=1S/C21H31N3O3S/c1-15(2)14-18(25)23-11-7-16(8-12-23)19(21(27)24-9-3-4-10-24)22-20(26)17-6-5-13-28-17/h5-6,13,15-16,19H,3-4,7-12,14H2,1-2H3,(H,22,26)/t19-/m1/s1. The number of carbonyl (C=O) groups is 3. The molecule has 0 spiro atoms. The lowest BCUT2D eigenvalue weighted by atomic mass is 9.88. The Morgan fingerprint density at radius 2 is 1.79 bits per heavy atom. The van der Waals surface area contributed by atoms with E-state index in [1.807, 2.05) is 21.2 Å². The maximum atomic E-state index is 13.1. The van der Waals surface area contributed by atoms with Crippen molar-refractivity contribution >= 4 is 29.1 Å². The van der Waals surface area contributed by atoms with Crippen molar-refractivity contribution in [1.29, 1.82) is 0 Å². The third-order valence-corrected chi connectivity index (χ3v) is 6.53. The van der Waals surface area contributed by atoms with Gasteiger partial charge in [-0.2, -0.15) is 0 Å². The molecule has 2 saturated heterocycles. The second-order valence-corrected chi connectivity index (χ2v) is 9.22. The zero-order chi connectivity index (χ0) is 20.1. The number of piperidine rings is 1. The Bertz CT molecular complexity index is 675. The van der Waals surface area contributed by atoms with Crippen molar-refractivity contribution in [2.75, 3.05) is 26.2 Å². The highest BCUT2D eigenvalue weighted by Crippen LogP contribution is 2.25. The summed E-state index contributed by atoms with van der Waals surface area (Å²) >= 11 is 1.38. The molecule has 1 aromatic heterocycles. The van der Waals surface area contributed by atoms with Gasteiger partial charge in [-0.05, 0) is 49.0 Å². The summed E-state index contributed by atoms with van der Waals surface area (Å²) in [5.74, 6) is 0.471. The lowest BCUT2D eigenvalue weighted by Crippen LogP contribution is -2.54. The van der Waals surface area contributed by atoms with Crippen LogP contribution >= 0.6 is 11.3 Å². The number of thiophene rings is 1. The molecule has 1 N–H and O–H groups in total. The van der Waals surface area contributed by atoms with Crippen molar-refractivity contribution < 1.29 is 14.4 Å². The Hall–Kier alpha value is -1.89. The predicted octanol–water partition coefficient (Wildman–Crippen LogP) is 2.75. The summed E-state index contributed by atoms with van der Waals surface area (Å²) < 4.78 is 0. The van der Waals surface area contributed by atoms with Gasteiger partial charge in [0.2, 0.25) is 11.8 Å². The summed E-state index contributed by atoms with van der Waals surface area (Å²) in [6.07, 6.45) is 4.12. The minimum Gasteiger partial charge on any atom is -0.343 e. The highest BCUT2D eigenvalue weighted by molar-refractivity contribution is 7.12. The first kappa shape index (κ1) is 20.8. The van der Waals surface area contributed by atoms with Gasteiger partial charge >= 0.3 is 0 Å². The smallest absolute Gasteiger partial charge is 0.262 e. The molecule has 2 aliphatic rings. The normalized spacial score (nSPS) is 19.1. The first-order valence-corrected chi connectivity index (χ1v) is 11.2. The van der Waals surface area contributed by atoms with Crippen molar-refractivity contribution in [2.24, 2.45) is 11.8 Å². The number of hydrogen-bond donors (Lipinski definition) is 1. The average Bonchev–Trinajstić information content (AvgIpc) is 3.39. The molecule has 28 heavy (non-hydrogen) atoms. The first-order chi connectivity index (χ1) is 13.5. The summed E-state index contributed by atoms with van der Waals surface area (Å²) in [5.41, 5.74) is 0. The maximum Gasteiger partial charge on any atom is 0.262 e. The molecule has 1 atom stereocenters. The van der Waals surface area contributed by atoms with Gasteiger partial charge in [0.1, 0.15) is 6.04 Å². The third-order valence-electron chi connectivity index (χ3n) is 5.66. The predicted molar refractivity (Wildman–Crippen MR) is 110 cm³/mol. The fourth-order valence-electron chi connectivity index (χ4n) is 4.10. The van der Waals surface area contributed by atoms with Crippen molar-refractivity contribution in [3.8, 4) is 0 Å². The molecule has 0 aliphatic carbocycles. The Morgan fingerprint density at radius 3 is 2.36 bits per heavy atom. The summed E-state index contributed by atoms with van der Waals surface area (Å²) in [6.45, 7) is 6.97. The van der Waals surface area contributed by atoms with Crippen LogP contribution in [0.2, 0.25) is 0 Å². The number of rotatable bonds is 6. The topological polar surface area (TPSA) is 69.7 Å². The minimum absolute atomic E-state index is 0.0364. The molecule has 3 rings (SSSR count). The molecule has 3 heterocycles. The fraction of sp³-hybridized carbons (Fsp3) is 0.667. The molecular weight excluding hydrogens is 374 g/mol. The highest BCUT2D eigenvalue weighted by atomic mass is 32.1. The van der Waals surface area contributed by atoms with Crippen LogP contribution in [0.15, 0.2) is 17.5 Å². The van der Waals surface area contributed by atoms with Crippen LogP contribution in [0.25, 0.3) is 0 Å². The molecule has 0 aromatic carbocycles. The van der Waals surface area contributed by atoms with E-state index in [1.54, 1.807) is 6.07 Å². The molecular formula is C21H31N3O3S. The summed E-state index contributed by atoms with van der Waals surface area (Å²) in [7, 11) is 0. The average molecular weight is 406 g/mol. The van der Waals surface area contributed by atoms with Gasteiger partial charge < -0.3 is 15.1 Å². The molecule has 0 unspecified atom stereocenters. The SMILES string of the molecule is CC(C)CC(=O)N1CCC([C@@H](NC(=O)c2cccs2)C(=O)N2CCCC2)CC1. The van der Waals surface area contributed by atoms with Crippen LogP contribution in [0.5, 0.6) is 0 Å². The molecule has 7 heteroatoms. The monoisotopic (exact) mass is 405 g/mol. The molecule has 6 nitrogen and oxygen atoms in total. The third kappa shape index (κ3) is 5.13. The van der Waals surface area contributed by atoms with Crippen LogP contribution in [0.3, 0.4) is 0 Å². The number of likely N-dealkylation sites (tertiary alicyclic amines) is 2. The van der Waals surface area contributed by atoms with E-state index >= 15 is 0 Å². The molecule has 3 amide bonds. The summed E-state index contributed by atoms with van der Waals surface area (Å²) in [4.78, 5) is 42.5. The van der Waals surface area contributed by atoms with E-state index in [-0.39, 0.29) is 23.6 Å². The van der Waals surface area contributed by atoms with E-state index in [0.29, 0.717) is 30.3 Å². The van der Waals surface area contributed by atoms with E-state index in [0.717, 1.165) is 38.8 Å². The van der Waals surface area contributed by atoms with Crippen LogP contribution in [0, 0.1) is 11.8 Å². The number of hydrogen-bond acceptors (Lipinski definition) is 4. The second kappa shape index (κ2) is 9.54. The zero-order valence-corrected chi connectivity index (χ0v) is 17.7. The van der Waals surface area contributed by atoms with E-state index in [4.69, 9.17) is 0 Å². The van der Waals surface area contributed by atoms with Crippen molar-refractivity contribution in [3.63, 3.8) is 0 Å². The number of amides is 3. The van der Waals surface area contributed by atoms with E-state index < -0.39 is 6.04 Å². The fourth-order valence-corrected chi connectivity index (χ4v) is 4.72. The van der Waals surface area contributed by atoms with Crippen LogP contribution < -0.4 is 5.32 Å². The van der Waals surface area contributed by atoms with Gasteiger partial charge in [-0.15, -0.1) is 11.3 Å². The molecule has 0 saturated carbocycles. The number of carbonyl (C=O) groups excluding carboxylic acids is 3. The minimum atomic E-state index is -0.505. The van der Waals surface area contributed by atoms with Gasteiger partial charge in [-0.3, -0.25) is 14.4 Å². The molecule has 0 radical (unpaired) electrons.